The van der Waals surface area contributed by atoms with E-state index in [1.807, 2.05) is 12.3 Å². The number of hydrogen-bond donors (Lipinski definition) is 3. The standard InChI is InChI=1S/C18H24N6O2/c25-17(21-8-9-22-18(26)15-4-2-7-20-12-15)13-24-10-5-16(23-24)14-3-1-6-19-11-14/h2,4-5,7,10,12,14,19H,1,3,6,8-9,11,13H2,(H,21,25)(H,22,26)/t14-/m0/s1. The molecule has 0 radical (unpaired) electrons. The topological polar surface area (TPSA) is 101 Å². The third kappa shape index (κ3) is 5.13. The third-order valence-corrected chi connectivity index (χ3v) is 4.34. The molecule has 1 atom stereocenters. The summed E-state index contributed by atoms with van der Waals surface area (Å²) >= 11 is 0. The second-order valence-electron chi connectivity index (χ2n) is 6.33. The minimum Gasteiger partial charge on any atom is -0.353 e. The molecule has 1 saturated heterocycles. The number of amides is 2. The van der Waals surface area contributed by atoms with Gasteiger partial charge in [0.15, 0.2) is 0 Å². The number of carbonyl (C=O) groups is 2. The van der Waals surface area contributed by atoms with E-state index < -0.39 is 0 Å². The molecule has 3 heterocycles. The summed E-state index contributed by atoms with van der Waals surface area (Å²) in [4.78, 5) is 27.8. The Hall–Kier alpha value is -2.74. The summed E-state index contributed by atoms with van der Waals surface area (Å²) in [7, 11) is 0. The van der Waals surface area contributed by atoms with Gasteiger partial charge in [0.25, 0.3) is 5.91 Å². The van der Waals surface area contributed by atoms with Gasteiger partial charge in [-0.2, -0.15) is 5.10 Å². The Labute approximate surface area is 152 Å². The number of rotatable bonds is 7. The lowest BCUT2D eigenvalue weighted by molar-refractivity contribution is -0.121. The molecule has 3 N–H and O–H groups in total. The van der Waals surface area contributed by atoms with Crippen molar-refractivity contribution in [3.63, 3.8) is 0 Å². The zero-order chi connectivity index (χ0) is 18.2. The van der Waals surface area contributed by atoms with E-state index in [1.165, 1.54) is 6.20 Å². The average molecular weight is 356 g/mol. The maximum absolute atomic E-state index is 12.0. The Balaban J connectivity index is 1.36. The maximum atomic E-state index is 12.0. The molecule has 0 aromatic carbocycles. The van der Waals surface area contributed by atoms with Gasteiger partial charge in [0, 0.05) is 44.1 Å². The molecule has 8 nitrogen and oxygen atoms in total. The number of nitrogens with zero attached hydrogens (tertiary/aromatic N) is 3. The molecule has 0 bridgehead atoms. The van der Waals surface area contributed by atoms with Gasteiger partial charge in [-0.15, -0.1) is 0 Å². The first-order valence-electron chi connectivity index (χ1n) is 8.91. The second kappa shape index (κ2) is 9.10. The van der Waals surface area contributed by atoms with Crippen LogP contribution in [-0.4, -0.2) is 52.8 Å². The first-order chi connectivity index (χ1) is 12.7. The lowest BCUT2D eigenvalue weighted by atomic mass is 9.97. The predicted octanol–water partition coefficient (Wildman–Crippen LogP) is 0.291. The van der Waals surface area contributed by atoms with E-state index in [0.717, 1.165) is 31.6 Å². The number of hydrogen-bond acceptors (Lipinski definition) is 5. The minimum absolute atomic E-state index is 0.128. The van der Waals surface area contributed by atoms with Crippen LogP contribution in [-0.2, 0) is 11.3 Å². The molecule has 138 valence electrons. The van der Waals surface area contributed by atoms with Crippen molar-refractivity contribution in [1.82, 2.24) is 30.7 Å². The highest BCUT2D eigenvalue weighted by Crippen LogP contribution is 2.21. The summed E-state index contributed by atoms with van der Waals surface area (Å²) in [5.41, 5.74) is 1.54. The average Bonchev–Trinajstić information content (AvgIpc) is 3.15. The first-order valence-corrected chi connectivity index (χ1v) is 8.91. The minimum atomic E-state index is -0.204. The fourth-order valence-corrected chi connectivity index (χ4v) is 2.97. The molecule has 0 aliphatic carbocycles. The second-order valence-corrected chi connectivity index (χ2v) is 6.33. The molecule has 2 amide bonds. The third-order valence-electron chi connectivity index (χ3n) is 4.34. The predicted molar refractivity (Wildman–Crippen MR) is 96.7 cm³/mol. The van der Waals surface area contributed by atoms with Gasteiger partial charge in [-0.1, -0.05) is 0 Å². The van der Waals surface area contributed by atoms with Crippen molar-refractivity contribution in [2.75, 3.05) is 26.2 Å². The Morgan fingerprint density at radius 2 is 2.15 bits per heavy atom. The van der Waals surface area contributed by atoms with Crippen molar-refractivity contribution in [2.24, 2.45) is 0 Å². The van der Waals surface area contributed by atoms with Gasteiger partial charge in [0.05, 0.1) is 11.3 Å². The van der Waals surface area contributed by atoms with Crippen LogP contribution in [0, 0.1) is 0 Å². The molecule has 3 rings (SSSR count). The number of piperidine rings is 1. The van der Waals surface area contributed by atoms with Crippen molar-refractivity contribution < 1.29 is 9.59 Å². The molecular formula is C18H24N6O2. The number of carbonyl (C=O) groups excluding carboxylic acids is 2. The summed E-state index contributed by atoms with van der Waals surface area (Å²) in [6.45, 7) is 2.91. The summed E-state index contributed by atoms with van der Waals surface area (Å²) in [6, 6.07) is 5.38. The van der Waals surface area contributed by atoms with E-state index in [1.54, 1.807) is 23.0 Å². The van der Waals surface area contributed by atoms with Crippen LogP contribution in [0.4, 0.5) is 0 Å². The molecule has 1 aliphatic heterocycles. The Kier molecular flexibility index (Phi) is 6.32. The summed E-state index contributed by atoms with van der Waals surface area (Å²) < 4.78 is 1.66. The molecular weight excluding hydrogens is 332 g/mol. The van der Waals surface area contributed by atoms with Gasteiger partial charge in [-0.05, 0) is 37.6 Å². The fraction of sp³-hybridized carbons (Fsp3) is 0.444. The maximum Gasteiger partial charge on any atom is 0.252 e. The lowest BCUT2D eigenvalue weighted by Gasteiger charge is -2.20. The molecule has 0 spiro atoms. The summed E-state index contributed by atoms with van der Waals surface area (Å²) in [5, 5.41) is 13.4. The highest BCUT2D eigenvalue weighted by Gasteiger charge is 2.17. The fourth-order valence-electron chi connectivity index (χ4n) is 2.97. The normalized spacial score (nSPS) is 16.8. The molecule has 0 unspecified atom stereocenters. The molecule has 2 aromatic rings. The van der Waals surface area contributed by atoms with Gasteiger partial charge in [0.2, 0.25) is 5.91 Å². The number of nitrogens with one attached hydrogen (secondary N) is 3. The zero-order valence-electron chi connectivity index (χ0n) is 14.6. The van der Waals surface area contributed by atoms with Crippen LogP contribution in [0.1, 0.15) is 34.8 Å². The Morgan fingerprint density at radius 1 is 1.27 bits per heavy atom. The van der Waals surface area contributed by atoms with Crippen LogP contribution in [0.5, 0.6) is 0 Å². The Morgan fingerprint density at radius 3 is 2.92 bits per heavy atom. The first kappa shape index (κ1) is 18.1. The van der Waals surface area contributed by atoms with Gasteiger partial charge < -0.3 is 16.0 Å². The van der Waals surface area contributed by atoms with Crippen LogP contribution in [0.15, 0.2) is 36.8 Å². The van der Waals surface area contributed by atoms with Crippen LogP contribution >= 0.6 is 0 Å². The molecule has 2 aromatic heterocycles. The van der Waals surface area contributed by atoms with E-state index >= 15 is 0 Å². The number of pyridine rings is 1. The van der Waals surface area contributed by atoms with Gasteiger partial charge in [0.1, 0.15) is 6.54 Å². The molecule has 1 aliphatic rings. The summed E-state index contributed by atoms with van der Waals surface area (Å²) in [5.74, 6) is 0.0953. The van der Waals surface area contributed by atoms with E-state index in [-0.39, 0.29) is 18.4 Å². The van der Waals surface area contributed by atoms with Crippen LogP contribution in [0.2, 0.25) is 0 Å². The zero-order valence-corrected chi connectivity index (χ0v) is 14.6. The smallest absolute Gasteiger partial charge is 0.252 e. The largest absolute Gasteiger partial charge is 0.353 e. The van der Waals surface area contributed by atoms with Crippen molar-refractivity contribution in [3.8, 4) is 0 Å². The molecule has 1 fully saturated rings. The van der Waals surface area contributed by atoms with Gasteiger partial charge in [-0.25, -0.2) is 0 Å². The molecule has 8 heteroatoms. The van der Waals surface area contributed by atoms with Crippen molar-refractivity contribution >= 4 is 11.8 Å². The van der Waals surface area contributed by atoms with E-state index in [2.05, 4.69) is 26.0 Å². The lowest BCUT2D eigenvalue weighted by Crippen LogP contribution is -2.36. The van der Waals surface area contributed by atoms with Crippen LogP contribution in [0.25, 0.3) is 0 Å². The van der Waals surface area contributed by atoms with Crippen molar-refractivity contribution in [2.45, 2.75) is 25.3 Å². The van der Waals surface area contributed by atoms with Crippen molar-refractivity contribution in [3.05, 3.63) is 48.0 Å². The van der Waals surface area contributed by atoms with E-state index in [9.17, 15) is 9.59 Å². The van der Waals surface area contributed by atoms with Gasteiger partial charge in [-0.3, -0.25) is 19.3 Å². The quantitative estimate of drug-likeness (QED) is 0.619. The monoisotopic (exact) mass is 356 g/mol. The van der Waals surface area contributed by atoms with Crippen LogP contribution in [0.3, 0.4) is 0 Å². The SMILES string of the molecule is O=C(Cn1ccc([C@H]2CCCNC2)n1)NCCNC(=O)c1cccnc1. The highest BCUT2D eigenvalue weighted by atomic mass is 16.2. The van der Waals surface area contributed by atoms with Crippen LogP contribution < -0.4 is 16.0 Å². The highest BCUT2D eigenvalue weighted by molar-refractivity contribution is 5.93. The van der Waals surface area contributed by atoms with E-state index in [4.69, 9.17) is 0 Å². The van der Waals surface area contributed by atoms with Gasteiger partial charge >= 0.3 is 0 Å². The molecule has 26 heavy (non-hydrogen) atoms. The number of aromatic nitrogens is 3. The molecule has 0 saturated carbocycles. The Bertz CT molecular complexity index is 724. The van der Waals surface area contributed by atoms with Crippen molar-refractivity contribution in [1.29, 1.82) is 0 Å². The van der Waals surface area contributed by atoms with E-state index in [0.29, 0.717) is 24.6 Å². The summed E-state index contributed by atoms with van der Waals surface area (Å²) in [6.07, 6.45) is 7.25.